The summed E-state index contributed by atoms with van der Waals surface area (Å²) in [6.45, 7) is 8.83. The second-order valence-corrected chi connectivity index (χ2v) is 7.79. The fraction of sp³-hybridized carbons (Fsp3) is 0.579. The summed E-state index contributed by atoms with van der Waals surface area (Å²) in [6, 6.07) is 8.16. The molecule has 1 aliphatic rings. The van der Waals surface area contributed by atoms with Gasteiger partial charge in [0.15, 0.2) is 0 Å². The number of nitrogens with one attached hydrogen (secondary N) is 1. The molecular weight excluding hydrogens is 316 g/mol. The Morgan fingerprint density at radius 1 is 1.36 bits per heavy atom. The van der Waals surface area contributed by atoms with Crippen LogP contribution in [0, 0.1) is 5.92 Å². The number of carbonyl (C=O) groups excluding carboxylic acids is 1. The minimum absolute atomic E-state index is 0.203. The maximum atomic E-state index is 12.1. The third-order valence-corrected chi connectivity index (χ3v) is 4.53. The van der Waals surface area contributed by atoms with E-state index < -0.39 is 5.60 Å². The van der Waals surface area contributed by atoms with Crippen LogP contribution in [0.3, 0.4) is 0 Å². The molecule has 0 radical (unpaired) electrons. The van der Waals surface area contributed by atoms with E-state index in [9.17, 15) is 4.79 Å². The van der Waals surface area contributed by atoms with Crippen molar-refractivity contribution in [2.45, 2.75) is 39.3 Å². The van der Waals surface area contributed by atoms with Crippen LogP contribution in [-0.2, 0) is 18.3 Å². The molecule has 1 aromatic heterocycles. The Morgan fingerprint density at radius 3 is 2.84 bits per heavy atom. The topological polar surface area (TPSA) is 59.4 Å². The Hall–Kier alpha value is -2.08. The first-order valence-electron chi connectivity index (χ1n) is 8.92. The van der Waals surface area contributed by atoms with Gasteiger partial charge < -0.3 is 19.5 Å². The number of fused-ring (bicyclic) bond motifs is 1. The number of likely N-dealkylation sites (tertiary alicyclic amines) is 1. The number of benzene rings is 1. The van der Waals surface area contributed by atoms with Crippen molar-refractivity contribution in [3.8, 4) is 0 Å². The molecule has 6 nitrogen and oxygen atoms in total. The van der Waals surface area contributed by atoms with Crippen molar-refractivity contribution >= 4 is 17.1 Å². The van der Waals surface area contributed by atoms with Gasteiger partial charge in [0.05, 0.1) is 17.6 Å². The molecule has 0 bridgehead atoms. The van der Waals surface area contributed by atoms with Crippen LogP contribution in [0.4, 0.5) is 4.79 Å². The first-order valence-corrected chi connectivity index (χ1v) is 8.92. The zero-order chi connectivity index (χ0) is 18.0. The first-order chi connectivity index (χ1) is 11.8. The van der Waals surface area contributed by atoms with E-state index in [1.54, 1.807) is 0 Å². The summed E-state index contributed by atoms with van der Waals surface area (Å²) in [7, 11) is 2.05. The van der Waals surface area contributed by atoms with Crippen molar-refractivity contribution in [3.63, 3.8) is 0 Å². The van der Waals surface area contributed by atoms with Gasteiger partial charge in [-0.05, 0) is 45.2 Å². The van der Waals surface area contributed by atoms with E-state index in [0.29, 0.717) is 5.92 Å². The molecule has 136 valence electrons. The average molecular weight is 344 g/mol. The van der Waals surface area contributed by atoms with Gasteiger partial charge in [0, 0.05) is 26.7 Å². The van der Waals surface area contributed by atoms with Gasteiger partial charge in [-0.2, -0.15) is 0 Å². The lowest BCUT2D eigenvalue weighted by Crippen LogP contribution is -2.36. The number of carbonyl (C=O) groups is 1. The number of aromatic nitrogens is 2. The van der Waals surface area contributed by atoms with E-state index in [2.05, 4.69) is 20.9 Å². The number of aryl methyl sites for hydroxylation is 1. The van der Waals surface area contributed by atoms with Crippen molar-refractivity contribution < 1.29 is 9.53 Å². The summed E-state index contributed by atoms with van der Waals surface area (Å²) in [5, 5.41) is 3.49. The number of imidazole rings is 1. The molecule has 1 amide bonds. The molecule has 1 aromatic carbocycles. The Balaban J connectivity index is 1.48. The normalized spacial score (nSPS) is 18.1. The Labute approximate surface area is 149 Å². The van der Waals surface area contributed by atoms with Gasteiger partial charge >= 0.3 is 6.09 Å². The number of nitrogens with zero attached hydrogens (tertiary/aromatic N) is 3. The molecule has 3 rings (SSSR count). The predicted molar refractivity (Wildman–Crippen MR) is 98.3 cm³/mol. The van der Waals surface area contributed by atoms with Crippen molar-refractivity contribution in [1.82, 2.24) is 19.8 Å². The number of rotatable bonds is 4. The minimum Gasteiger partial charge on any atom is -0.444 e. The molecule has 6 heteroatoms. The minimum atomic E-state index is -0.437. The maximum Gasteiger partial charge on any atom is 0.410 e. The molecule has 1 fully saturated rings. The van der Waals surface area contributed by atoms with Gasteiger partial charge in [-0.25, -0.2) is 9.78 Å². The molecule has 1 atom stereocenters. The number of para-hydroxylation sites is 2. The third-order valence-electron chi connectivity index (χ3n) is 4.53. The van der Waals surface area contributed by atoms with Gasteiger partial charge in [-0.15, -0.1) is 0 Å². The van der Waals surface area contributed by atoms with Crippen LogP contribution in [0.2, 0.25) is 0 Å². The van der Waals surface area contributed by atoms with Gasteiger partial charge in [0.2, 0.25) is 0 Å². The zero-order valence-electron chi connectivity index (χ0n) is 15.6. The summed E-state index contributed by atoms with van der Waals surface area (Å²) in [5.41, 5.74) is 1.74. The van der Waals surface area contributed by atoms with Crippen LogP contribution in [-0.4, -0.2) is 45.8 Å². The summed E-state index contributed by atoms with van der Waals surface area (Å²) < 4.78 is 7.58. The van der Waals surface area contributed by atoms with Gasteiger partial charge in [0.1, 0.15) is 11.4 Å². The lowest BCUT2D eigenvalue weighted by Gasteiger charge is -2.24. The highest BCUT2D eigenvalue weighted by molar-refractivity contribution is 5.75. The Morgan fingerprint density at radius 2 is 2.12 bits per heavy atom. The zero-order valence-corrected chi connectivity index (χ0v) is 15.6. The third kappa shape index (κ3) is 4.31. The standard InChI is InChI=1S/C19H28N4O2/c1-19(2,3)25-18(24)23-10-9-14(13-23)11-20-12-17-21-15-7-5-6-8-16(15)22(17)4/h5-8,14,20H,9-13H2,1-4H3/t14-/m0/s1. The van der Waals surface area contributed by atoms with Crippen LogP contribution in [0.5, 0.6) is 0 Å². The molecule has 0 unspecified atom stereocenters. The Kier molecular flexibility index (Phi) is 4.99. The van der Waals surface area contributed by atoms with Gasteiger partial charge in [-0.3, -0.25) is 0 Å². The second kappa shape index (κ2) is 7.04. The van der Waals surface area contributed by atoms with Crippen molar-refractivity contribution in [2.75, 3.05) is 19.6 Å². The summed E-state index contributed by atoms with van der Waals surface area (Å²) in [6.07, 6.45) is 0.805. The quantitative estimate of drug-likeness (QED) is 0.926. The molecule has 1 N–H and O–H groups in total. The number of amides is 1. The van der Waals surface area contributed by atoms with E-state index in [4.69, 9.17) is 4.74 Å². The first kappa shape index (κ1) is 17.7. The summed E-state index contributed by atoms with van der Waals surface area (Å²) in [4.78, 5) is 18.6. The van der Waals surface area contributed by atoms with Crippen molar-refractivity contribution in [3.05, 3.63) is 30.1 Å². The highest BCUT2D eigenvalue weighted by Crippen LogP contribution is 2.19. The van der Waals surface area contributed by atoms with E-state index in [0.717, 1.165) is 49.5 Å². The molecule has 0 saturated carbocycles. The van der Waals surface area contributed by atoms with Gasteiger partial charge in [0.25, 0.3) is 0 Å². The number of ether oxygens (including phenoxy) is 1. The van der Waals surface area contributed by atoms with Crippen LogP contribution in [0.25, 0.3) is 11.0 Å². The number of hydrogen-bond donors (Lipinski definition) is 1. The van der Waals surface area contributed by atoms with E-state index in [-0.39, 0.29) is 6.09 Å². The summed E-state index contributed by atoms with van der Waals surface area (Å²) >= 11 is 0. The number of hydrogen-bond acceptors (Lipinski definition) is 4. The molecule has 1 aliphatic heterocycles. The Bertz CT molecular complexity index is 747. The largest absolute Gasteiger partial charge is 0.444 e. The SMILES string of the molecule is Cn1c(CNC[C@@H]2CCN(C(=O)OC(C)(C)C)C2)nc2ccccc21. The van der Waals surface area contributed by atoms with Crippen LogP contribution in [0.15, 0.2) is 24.3 Å². The lowest BCUT2D eigenvalue weighted by atomic mass is 10.1. The van der Waals surface area contributed by atoms with Crippen LogP contribution >= 0.6 is 0 Å². The monoisotopic (exact) mass is 344 g/mol. The van der Waals surface area contributed by atoms with Crippen molar-refractivity contribution in [1.29, 1.82) is 0 Å². The fourth-order valence-electron chi connectivity index (χ4n) is 3.23. The van der Waals surface area contributed by atoms with E-state index >= 15 is 0 Å². The highest BCUT2D eigenvalue weighted by Gasteiger charge is 2.29. The van der Waals surface area contributed by atoms with Crippen LogP contribution in [0.1, 0.15) is 33.0 Å². The average Bonchev–Trinajstić information content (AvgIpc) is 3.12. The molecule has 1 saturated heterocycles. The summed E-state index contributed by atoms with van der Waals surface area (Å²) in [5.74, 6) is 1.49. The van der Waals surface area contributed by atoms with Gasteiger partial charge in [-0.1, -0.05) is 12.1 Å². The second-order valence-electron chi connectivity index (χ2n) is 7.79. The molecule has 2 aromatic rings. The van der Waals surface area contributed by atoms with Crippen molar-refractivity contribution in [2.24, 2.45) is 13.0 Å². The maximum absolute atomic E-state index is 12.1. The predicted octanol–water partition coefficient (Wildman–Crippen LogP) is 2.92. The van der Waals surface area contributed by atoms with E-state index in [1.165, 1.54) is 0 Å². The fourth-order valence-corrected chi connectivity index (χ4v) is 3.23. The molecule has 0 aliphatic carbocycles. The smallest absolute Gasteiger partial charge is 0.410 e. The molecule has 25 heavy (non-hydrogen) atoms. The van der Waals surface area contributed by atoms with E-state index in [1.807, 2.05) is 50.9 Å². The highest BCUT2D eigenvalue weighted by atomic mass is 16.6. The molecule has 0 spiro atoms. The van der Waals surface area contributed by atoms with Crippen LogP contribution < -0.4 is 5.32 Å². The lowest BCUT2D eigenvalue weighted by molar-refractivity contribution is 0.0288. The molecular formula is C19H28N4O2. The molecule has 2 heterocycles.